The van der Waals surface area contributed by atoms with E-state index >= 15 is 0 Å². The summed E-state index contributed by atoms with van der Waals surface area (Å²) in [6.45, 7) is 2.37. The Kier molecular flexibility index (Phi) is 3.48. The van der Waals surface area contributed by atoms with E-state index in [1.807, 2.05) is 6.07 Å². The van der Waals surface area contributed by atoms with Gasteiger partial charge in [0, 0.05) is 25.8 Å². The first-order valence-electron chi connectivity index (χ1n) is 6.70. The van der Waals surface area contributed by atoms with Gasteiger partial charge in [0.2, 0.25) is 0 Å². The lowest BCUT2D eigenvalue weighted by Crippen LogP contribution is -2.31. The predicted molar refractivity (Wildman–Crippen MR) is 75.5 cm³/mol. The lowest BCUT2D eigenvalue weighted by molar-refractivity contribution is 0.0693. The lowest BCUT2D eigenvalue weighted by atomic mass is 9.99. The first-order valence-corrected chi connectivity index (χ1v) is 6.70. The van der Waals surface area contributed by atoms with Crippen LogP contribution in [-0.4, -0.2) is 27.5 Å². The van der Waals surface area contributed by atoms with Gasteiger partial charge in [0.15, 0.2) is 0 Å². The SMILES string of the molecule is O=C(O)c1cccnc1CN1CCc2ccccc2C1. The molecule has 1 aromatic heterocycles. The number of nitrogens with zero attached hydrogens (tertiary/aromatic N) is 2. The fourth-order valence-corrected chi connectivity index (χ4v) is 2.66. The number of rotatable bonds is 3. The van der Waals surface area contributed by atoms with Crippen LogP contribution in [0.1, 0.15) is 27.2 Å². The van der Waals surface area contributed by atoms with Gasteiger partial charge in [-0.25, -0.2) is 4.79 Å². The topological polar surface area (TPSA) is 53.4 Å². The fraction of sp³-hybridized carbons (Fsp3) is 0.250. The molecule has 2 heterocycles. The zero-order chi connectivity index (χ0) is 13.9. The second-order valence-corrected chi connectivity index (χ2v) is 5.03. The highest BCUT2D eigenvalue weighted by Crippen LogP contribution is 2.20. The van der Waals surface area contributed by atoms with Gasteiger partial charge in [-0.15, -0.1) is 0 Å². The van der Waals surface area contributed by atoms with E-state index in [9.17, 15) is 9.90 Å². The molecule has 3 rings (SSSR count). The third-order valence-corrected chi connectivity index (χ3v) is 3.70. The maximum absolute atomic E-state index is 11.2. The largest absolute Gasteiger partial charge is 0.478 e. The average molecular weight is 268 g/mol. The highest BCUT2D eigenvalue weighted by molar-refractivity contribution is 5.88. The first kappa shape index (κ1) is 12.8. The van der Waals surface area contributed by atoms with Crippen molar-refractivity contribution >= 4 is 5.97 Å². The molecule has 4 heteroatoms. The van der Waals surface area contributed by atoms with Crippen molar-refractivity contribution in [1.29, 1.82) is 0 Å². The van der Waals surface area contributed by atoms with Crippen molar-refractivity contribution in [1.82, 2.24) is 9.88 Å². The van der Waals surface area contributed by atoms with E-state index in [1.165, 1.54) is 11.1 Å². The Hall–Kier alpha value is -2.20. The highest BCUT2D eigenvalue weighted by Gasteiger charge is 2.18. The van der Waals surface area contributed by atoms with Gasteiger partial charge in [0.25, 0.3) is 0 Å². The number of aromatic nitrogens is 1. The van der Waals surface area contributed by atoms with Crippen LogP contribution in [-0.2, 0) is 19.5 Å². The number of pyridine rings is 1. The minimum Gasteiger partial charge on any atom is -0.478 e. The van der Waals surface area contributed by atoms with Gasteiger partial charge in [0.05, 0.1) is 11.3 Å². The Morgan fingerprint density at radius 3 is 2.80 bits per heavy atom. The van der Waals surface area contributed by atoms with Crippen molar-refractivity contribution in [2.45, 2.75) is 19.5 Å². The smallest absolute Gasteiger partial charge is 0.337 e. The van der Waals surface area contributed by atoms with Crippen LogP contribution in [0.3, 0.4) is 0 Å². The molecule has 0 saturated heterocycles. The molecule has 0 saturated carbocycles. The molecule has 1 N–H and O–H groups in total. The van der Waals surface area contributed by atoms with Gasteiger partial charge >= 0.3 is 5.97 Å². The molecule has 0 radical (unpaired) electrons. The van der Waals surface area contributed by atoms with Crippen molar-refractivity contribution < 1.29 is 9.90 Å². The molecule has 0 fully saturated rings. The Balaban J connectivity index is 1.79. The zero-order valence-electron chi connectivity index (χ0n) is 11.1. The Labute approximate surface area is 117 Å². The van der Waals surface area contributed by atoms with Gasteiger partial charge in [-0.1, -0.05) is 24.3 Å². The van der Waals surface area contributed by atoms with Gasteiger partial charge in [-0.2, -0.15) is 0 Å². The monoisotopic (exact) mass is 268 g/mol. The minimum absolute atomic E-state index is 0.298. The summed E-state index contributed by atoms with van der Waals surface area (Å²) in [4.78, 5) is 17.7. The molecule has 2 aromatic rings. The predicted octanol–water partition coefficient (Wildman–Crippen LogP) is 2.34. The van der Waals surface area contributed by atoms with E-state index in [4.69, 9.17) is 0 Å². The van der Waals surface area contributed by atoms with Crippen LogP contribution >= 0.6 is 0 Å². The molecule has 0 spiro atoms. The molecule has 20 heavy (non-hydrogen) atoms. The quantitative estimate of drug-likeness (QED) is 0.928. The second-order valence-electron chi connectivity index (χ2n) is 5.03. The summed E-state index contributed by atoms with van der Waals surface area (Å²) in [5.41, 5.74) is 3.65. The molecule has 1 aliphatic heterocycles. The summed E-state index contributed by atoms with van der Waals surface area (Å²) < 4.78 is 0. The van der Waals surface area contributed by atoms with E-state index in [0.29, 0.717) is 17.8 Å². The van der Waals surface area contributed by atoms with Crippen LogP contribution in [0.2, 0.25) is 0 Å². The number of aromatic carboxylic acids is 1. The van der Waals surface area contributed by atoms with E-state index in [2.05, 4.69) is 28.1 Å². The molecule has 4 nitrogen and oxygen atoms in total. The number of carbonyl (C=O) groups is 1. The maximum Gasteiger partial charge on any atom is 0.337 e. The molecular weight excluding hydrogens is 252 g/mol. The van der Waals surface area contributed by atoms with Gasteiger partial charge in [0.1, 0.15) is 0 Å². The first-order chi connectivity index (χ1) is 9.74. The molecule has 0 atom stereocenters. The van der Waals surface area contributed by atoms with Crippen molar-refractivity contribution in [2.24, 2.45) is 0 Å². The van der Waals surface area contributed by atoms with Crippen LogP contribution in [0.5, 0.6) is 0 Å². The summed E-state index contributed by atoms with van der Waals surface area (Å²) in [5.74, 6) is -0.912. The third-order valence-electron chi connectivity index (χ3n) is 3.70. The minimum atomic E-state index is -0.912. The number of carboxylic acid groups (broad SMARTS) is 1. The summed E-state index contributed by atoms with van der Waals surface area (Å²) in [7, 11) is 0. The van der Waals surface area contributed by atoms with Crippen molar-refractivity contribution in [2.75, 3.05) is 6.54 Å². The third kappa shape index (κ3) is 2.56. The van der Waals surface area contributed by atoms with Gasteiger partial charge < -0.3 is 5.11 Å². The number of hydrogen-bond donors (Lipinski definition) is 1. The second kappa shape index (κ2) is 5.43. The molecule has 102 valence electrons. The van der Waals surface area contributed by atoms with Crippen LogP contribution in [0, 0.1) is 0 Å². The molecule has 0 aliphatic carbocycles. The summed E-state index contributed by atoms with van der Waals surface area (Å²) in [6, 6.07) is 11.7. The number of fused-ring (bicyclic) bond motifs is 1. The Morgan fingerprint density at radius 2 is 2.00 bits per heavy atom. The number of benzene rings is 1. The number of carboxylic acids is 1. The molecule has 0 unspecified atom stereocenters. The van der Waals surface area contributed by atoms with Gasteiger partial charge in [-0.05, 0) is 29.7 Å². The fourth-order valence-electron chi connectivity index (χ4n) is 2.66. The molecule has 1 aliphatic rings. The van der Waals surface area contributed by atoms with Crippen molar-refractivity contribution in [3.05, 3.63) is 65.0 Å². The molecular formula is C16H16N2O2. The average Bonchev–Trinajstić information content (AvgIpc) is 2.47. The lowest BCUT2D eigenvalue weighted by Gasteiger charge is -2.28. The summed E-state index contributed by atoms with van der Waals surface area (Å²) in [5, 5.41) is 9.19. The molecule has 0 bridgehead atoms. The molecule has 1 aromatic carbocycles. The molecule has 0 amide bonds. The van der Waals surface area contributed by atoms with Crippen LogP contribution in [0.25, 0.3) is 0 Å². The standard InChI is InChI=1S/C16H16N2O2/c19-16(20)14-6-3-8-17-15(14)11-18-9-7-12-4-1-2-5-13(12)10-18/h1-6,8H,7,9-11H2,(H,19,20). The Bertz CT molecular complexity index is 640. The van der Waals surface area contributed by atoms with Crippen LogP contribution in [0.4, 0.5) is 0 Å². The normalized spacial score (nSPS) is 14.8. The van der Waals surface area contributed by atoms with E-state index < -0.39 is 5.97 Å². The maximum atomic E-state index is 11.2. The van der Waals surface area contributed by atoms with Gasteiger partial charge in [-0.3, -0.25) is 9.88 Å². The zero-order valence-corrected chi connectivity index (χ0v) is 11.1. The summed E-state index contributed by atoms with van der Waals surface area (Å²) >= 11 is 0. The van der Waals surface area contributed by atoms with Crippen molar-refractivity contribution in [3.8, 4) is 0 Å². The Morgan fingerprint density at radius 1 is 1.20 bits per heavy atom. The summed E-state index contributed by atoms with van der Waals surface area (Å²) in [6.07, 6.45) is 2.66. The number of hydrogen-bond acceptors (Lipinski definition) is 3. The van der Waals surface area contributed by atoms with E-state index in [0.717, 1.165) is 19.5 Å². The van der Waals surface area contributed by atoms with E-state index in [-0.39, 0.29) is 0 Å². The van der Waals surface area contributed by atoms with Crippen LogP contribution in [0.15, 0.2) is 42.6 Å². The van der Waals surface area contributed by atoms with Crippen LogP contribution < -0.4 is 0 Å². The van der Waals surface area contributed by atoms with Crippen molar-refractivity contribution in [3.63, 3.8) is 0 Å². The highest BCUT2D eigenvalue weighted by atomic mass is 16.4. The van der Waals surface area contributed by atoms with E-state index in [1.54, 1.807) is 18.3 Å².